The highest BCUT2D eigenvalue weighted by Crippen LogP contribution is 2.29. The summed E-state index contributed by atoms with van der Waals surface area (Å²) in [5, 5.41) is 0. The zero-order chi connectivity index (χ0) is 9.97. The van der Waals surface area contributed by atoms with Gasteiger partial charge in [-0.2, -0.15) is 0 Å². The SMILES string of the molecule is CC1=NC(CCl)C(c2ccccc2)O1. The Balaban J connectivity index is 2.21. The van der Waals surface area contributed by atoms with Crippen LogP contribution in [0.1, 0.15) is 18.6 Å². The normalized spacial score (nSPS) is 25.7. The van der Waals surface area contributed by atoms with Gasteiger partial charge in [-0.1, -0.05) is 30.3 Å². The monoisotopic (exact) mass is 209 g/mol. The fraction of sp³-hybridized carbons (Fsp3) is 0.364. The van der Waals surface area contributed by atoms with Gasteiger partial charge in [0.15, 0.2) is 5.90 Å². The fourth-order valence-corrected chi connectivity index (χ4v) is 1.87. The van der Waals surface area contributed by atoms with E-state index in [1.165, 1.54) is 0 Å². The van der Waals surface area contributed by atoms with Crippen LogP contribution in [0.3, 0.4) is 0 Å². The molecule has 0 N–H and O–H groups in total. The Labute approximate surface area is 88.6 Å². The Morgan fingerprint density at radius 2 is 2.07 bits per heavy atom. The molecule has 3 heteroatoms. The van der Waals surface area contributed by atoms with Gasteiger partial charge in [-0.05, 0) is 5.56 Å². The minimum Gasteiger partial charge on any atom is -0.471 e. The van der Waals surface area contributed by atoms with Crippen LogP contribution in [0.4, 0.5) is 0 Å². The largest absolute Gasteiger partial charge is 0.471 e. The van der Waals surface area contributed by atoms with Crippen LogP contribution < -0.4 is 0 Å². The number of nitrogens with zero attached hydrogens (tertiary/aromatic N) is 1. The average Bonchev–Trinajstić information content (AvgIpc) is 2.61. The molecule has 1 heterocycles. The van der Waals surface area contributed by atoms with Gasteiger partial charge in [0, 0.05) is 12.8 Å². The molecule has 2 unspecified atom stereocenters. The second-order valence-electron chi connectivity index (χ2n) is 3.32. The van der Waals surface area contributed by atoms with Gasteiger partial charge in [0.1, 0.15) is 12.1 Å². The van der Waals surface area contributed by atoms with Crippen LogP contribution in [0.15, 0.2) is 35.3 Å². The molecule has 1 aliphatic heterocycles. The van der Waals surface area contributed by atoms with Crippen molar-refractivity contribution in [1.82, 2.24) is 0 Å². The van der Waals surface area contributed by atoms with Gasteiger partial charge in [0.25, 0.3) is 0 Å². The van der Waals surface area contributed by atoms with Gasteiger partial charge in [0.05, 0.1) is 0 Å². The van der Waals surface area contributed by atoms with Gasteiger partial charge < -0.3 is 4.74 Å². The van der Waals surface area contributed by atoms with Crippen molar-refractivity contribution in [3.8, 4) is 0 Å². The third-order valence-corrected chi connectivity index (χ3v) is 2.60. The molecule has 0 saturated heterocycles. The van der Waals surface area contributed by atoms with Crippen molar-refractivity contribution in [1.29, 1.82) is 0 Å². The molecule has 1 aromatic rings. The second-order valence-corrected chi connectivity index (χ2v) is 3.63. The van der Waals surface area contributed by atoms with E-state index in [0.29, 0.717) is 5.88 Å². The number of alkyl halides is 1. The minimum atomic E-state index is -0.00583. The van der Waals surface area contributed by atoms with Crippen molar-refractivity contribution >= 4 is 17.5 Å². The van der Waals surface area contributed by atoms with Crippen molar-refractivity contribution in [3.63, 3.8) is 0 Å². The lowest BCUT2D eigenvalue weighted by Gasteiger charge is -2.15. The highest BCUT2D eigenvalue weighted by molar-refractivity contribution is 6.18. The smallest absolute Gasteiger partial charge is 0.181 e. The Hall–Kier alpha value is -1.02. The first-order valence-electron chi connectivity index (χ1n) is 4.63. The molecule has 0 spiro atoms. The lowest BCUT2D eigenvalue weighted by Crippen LogP contribution is -2.15. The Morgan fingerprint density at radius 3 is 2.71 bits per heavy atom. The summed E-state index contributed by atoms with van der Waals surface area (Å²) >= 11 is 5.83. The maximum Gasteiger partial charge on any atom is 0.181 e. The molecule has 2 nitrogen and oxygen atoms in total. The predicted molar refractivity (Wildman–Crippen MR) is 57.9 cm³/mol. The molecule has 1 aromatic carbocycles. The molecule has 1 aliphatic rings. The lowest BCUT2D eigenvalue weighted by atomic mass is 10.0. The Kier molecular flexibility index (Phi) is 2.73. The van der Waals surface area contributed by atoms with Gasteiger partial charge >= 0.3 is 0 Å². The van der Waals surface area contributed by atoms with Crippen LogP contribution >= 0.6 is 11.6 Å². The van der Waals surface area contributed by atoms with E-state index in [1.807, 2.05) is 37.3 Å². The fourth-order valence-electron chi connectivity index (χ4n) is 1.64. The molecule has 14 heavy (non-hydrogen) atoms. The average molecular weight is 210 g/mol. The first kappa shape index (κ1) is 9.53. The zero-order valence-corrected chi connectivity index (χ0v) is 8.74. The molecule has 0 amide bonds. The van der Waals surface area contributed by atoms with E-state index in [1.54, 1.807) is 0 Å². The van der Waals surface area contributed by atoms with E-state index >= 15 is 0 Å². The molecule has 74 valence electrons. The van der Waals surface area contributed by atoms with Crippen LogP contribution in [-0.4, -0.2) is 17.8 Å². The predicted octanol–water partition coefficient (Wildman–Crippen LogP) is 2.78. The van der Waals surface area contributed by atoms with Crippen LogP contribution in [0, 0.1) is 0 Å². The number of hydrogen-bond donors (Lipinski definition) is 0. The summed E-state index contributed by atoms with van der Waals surface area (Å²) in [5.74, 6) is 1.22. The van der Waals surface area contributed by atoms with Gasteiger partial charge in [-0.15, -0.1) is 11.6 Å². The molecule has 2 atom stereocenters. The van der Waals surface area contributed by atoms with Crippen molar-refractivity contribution in [3.05, 3.63) is 35.9 Å². The van der Waals surface area contributed by atoms with Crippen LogP contribution in [0.5, 0.6) is 0 Å². The van der Waals surface area contributed by atoms with Crippen molar-refractivity contribution in [2.75, 3.05) is 5.88 Å². The first-order valence-corrected chi connectivity index (χ1v) is 5.16. The highest BCUT2D eigenvalue weighted by atomic mass is 35.5. The Bertz CT molecular complexity index is 336. The summed E-state index contributed by atoms with van der Waals surface area (Å²) < 4.78 is 5.62. The number of aliphatic imine (C=N–C) groups is 1. The van der Waals surface area contributed by atoms with Crippen LogP contribution in [0.2, 0.25) is 0 Å². The van der Waals surface area contributed by atoms with Crippen molar-refractivity contribution < 1.29 is 4.74 Å². The van der Waals surface area contributed by atoms with Gasteiger partial charge in [0.2, 0.25) is 0 Å². The number of rotatable bonds is 2. The summed E-state index contributed by atoms with van der Waals surface area (Å²) in [6.07, 6.45) is -0.00583. The lowest BCUT2D eigenvalue weighted by molar-refractivity contribution is 0.201. The molecular weight excluding hydrogens is 198 g/mol. The maximum absolute atomic E-state index is 5.83. The molecule has 0 radical (unpaired) electrons. The number of ether oxygens (including phenoxy) is 1. The summed E-state index contributed by atoms with van der Waals surface area (Å²) in [6.45, 7) is 1.86. The van der Waals surface area contributed by atoms with Crippen molar-refractivity contribution in [2.45, 2.75) is 19.1 Å². The molecule has 0 saturated carbocycles. The summed E-state index contributed by atoms with van der Waals surface area (Å²) in [4.78, 5) is 4.33. The van der Waals surface area contributed by atoms with E-state index in [0.717, 1.165) is 11.5 Å². The summed E-state index contributed by atoms with van der Waals surface area (Å²) in [7, 11) is 0. The Morgan fingerprint density at radius 1 is 1.36 bits per heavy atom. The van der Waals surface area contributed by atoms with E-state index in [2.05, 4.69) is 4.99 Å². The van der Waals surface area contributed by atoms with Crippen LogP contribution in [0.25, 0.3) is 0 Å². The minimum absolute atomic E-state index is 0.00583. The summed E-state index contributed by atoms with van der Waals surface area (Å²) in [6, 6.07) is 10.1. The third-order valence-electron chi connectivity index (χ3n) is 2.28. The van der Waals surface area contributed by atoms with E-state index in [4.69, 9.17) is 16.3 Å². The maximum atomic E-state index is 5.83. The second kappa shape index (κ2) is 4.01. The molecule has 0 aromatic heterocycles. The van der Waals surface area contributed by atoms with Crippen LogP contribution in [-0.2, 0) is 4.74 Å². The van der Waals surface area contributed by atoms with Gasteiger partial charge in [-0.25, -0.2) is 4.99 Å². The first-order chi connectivity index (χ1) is 6.81. The standard InChI is InChI=1S/C11H12ClNO/c1-8-13-10(7-12)11(14-8)9-5-3-2-4-6-9/h2-6,10-11H,7H2,1H3. The van der Waals surface area contributed by atoms with Gasteiger partial charge in [-0.3, -0.25) is 0 Å². The molecular formula is C11H12ClNO. The number of hydrogen-bond acceptors (Lipinski definition) is 2. The number of halogens is 1. The molecule has 0 fully saturated rings. The third kappa shape index (κ3) is 1.75. The van der Waals surface area contributed by atoms with E-state index in [9.17, 15) is 0 Å². The molecule has 0 aliphatic carbocycles. The van der Waals surface area contributed by atoms with Crippen molar-refractivity contribution in [2.24, 2.45) is 4.99 Å². The highest BCUT2D eigenvalue weighted by Gasteiger charge is 2.29. The zero-order valence-electron chi connectivity index (χ0n) is 7.98. The van der Waals surface area contributed by atoms with E-state index < -0.39 is 0 Å². The number of benzene rings is 1. The summed E-state index contributed by atoms with van der Waals surface area (Å²) in [5.41, 5.74) is 1.14. The van der Waals surface area contributed by atoms with E-state index in [-0.39, 0.29) is 12.1 Å². The topological polar surface area (TPSA) is 21.6 Å². The molecule has 2 rings (SSSR count). The quantitative estimate of drug-likeness (QED) is 0.687. The molecule has 0 bridgehead atoms.